The largest absolute Gasteiger partial charge is 0.481 e. The van der Waals surface area contributed by atoms with Gasteiger partial charge in [0.2, 0.25) is 11.8 Å². The zero-order valence-corrected chi connectivity index (χ0v) is 15.8. The third kappa shape index (κ3) is 5.60. The minimum absolute atomic E-state index is 0.0865. The van der Waals surface area contributed by atoms with Crippen LogP contribution >= 0.6 is 0 Å². The Morgan fingerprint density at radius 2 is 1.81 bits per heavy atom. The second kappa shape index (κ2) is 9.40. The van der Waals surface area contributed by atoms with Crippen molar-refractivity contribution in [1.82, 2.24) is 16.0 Å². The average Bonchev–Trinajstić information content (AvgIpc) is 2.88. The number of carbonyl (C=O) groups excluding carboxylic acids is 2. The molecule has 26 heavy (non-hydrogen) atoms. The minimum atomic E-state index is -0.948. The van der Waals surface area contributed by atoms with Crippen LogP contribution in [0.2, 0.25) is 0 Å². The van der Waals surface area contributed by atoms with Crippen LogP contribution in [0.25, 0.3) is 0 Å². The van der Waals surface area contributed by atoms with Crippen molar-refractivity contribution in [1.29, 1.82) is 5.41 Å². The predicted molar refractivity (Wildman–Crippen MR) is 97.4 cm³/mol. The van der Waals surface area contributed by atoms with E-state index in [0.29, 0.717) is 19.3 Å². The Labute approximate surface area is 154 Å². The summed E-state index contributed by atoms with van der Waals surface area (Å²) in [5, 5.41) is 25.6. The molecule has 7 N–H and O–H groups in total. The van der Waals surface area contributed by atoms with Crippen molar-refractivity contribution < 1.29 is 19.5 Å². The lowest BCUT2D eigenvalue weighted by Crippen LogP contribution is -2.57. The molecule has 1 rings (SSSR count). The summed E-state index contributed by atoms with van der Waals surface area (Å²) in [6.07, 6.45) is 1.70. The fourth-order valence-corrected chi connectivity index (χ4v) is 4.19. The maximum Gasteiger partial charge on any atom is 0.308 e. The molecule has 0 aromatic carbocycles. The van der Waals surface area contributed by atoms with E-state index in [1.807, 2.05) is 13.8 Å². The van der Waals surface area contributed by atoms with Gasteiger partial charge in [-0.05, 0) is 32.1 Å². The topological polar surface area (TPSA) is 157 Å². The number of guanidine groups is 1. The number of hydrogen-bond acceptors (Lipinski definition) is 4. The zero-order valence-electron chi connectivity index (χ0n) is 15.8. The van der Waals surface area contributed by atoms with Crippen LogP contribution in [0.3, 0.4) is 0 Å². The molecule has 0 aromatic heterocycles. The summed E-state index contributed by atoms with van der Waals surface area (Å²) in [4.78, 5) is 35.1. The summed E-state index contributed by atoms with van der Waals surface area (Å²) in [5.74, 6) is -2.61. The third-order valence-corrected chi connectivity index (χ3v) is 5.18. The lowest BCUT2D eigenvalue weighted by Gasteiger charge is -2.38. The van der Waals surface area contributed by atoms with Crippen LogP contribution in [0.4, 0.5) is 0 Å². The first kappa shape index (κ1) is 21.7. The van der Waals surface area contributed by atoms with Crippen molar-refractivity contribution in [2.75, 3.05) is 0 Å². The van der Waals surface area contributed by atoms with Crippen molar-refractivity contribution >= 4 is 23.7 Å². The van der Waals surface area contributed by atoms with Gasteiger partial charge in [-0.15, -0.1) is 0 Å². The predicted octanol–water partition coefficient (Wildman–Crippen LogP) is 0.00437. The van der Waals surface area contributed by atoms with Crippen molar-refractivity contribution in [2.45, 2.75) is 65.1 Å². The highest BCUT2D eigenvalue weighted by atomic mass is 16.4. The minimum Gasteiger partial charge on any atom is -0.481 e. The molecule has 9 heteroatoms. The van der Waals surface area contributed by atoms with Gasteiger partial charge in [0.25, 0.3) is 0 Å². The SMILES string of the molecule is CCC(C(C)NC(=N)N)[C@@H](NC(C)=O)[C@H]1CC[C@H](C(=O)O)[C@H]1NC(C)=O. The Hall–Kier alpha value is -2.32. The summed E-state index contributed by atoms with van der Waals surface area (Å²) < 4.78 is 0. The van der Waals surface area contributed by atoms with Gasteiger partial charge < -0.3 is 26.8 Å². The Bertz CT molecular complexity index is 553. The van der Waals surface area contributed by atoms with E-state index in [-0.39, 0.29) is 41.7 Å². The van der Waals surface area contributed by atoms with Gasteiger partial charge in [-0.3, -0.25) is 19.8 Å². The van der Waals surface area contributed by atoms with Crippen LogP contribution in [0.15, 0.2) is 0 Å². The van der Waals surface area contributed by atoms with Crippen LogP contribution in [0.1, 0.15) is 47.0 Å². The number of carboxylic acid groups (broad SMARTS) is 1. The molecular formula is C17H31N5O4. The second-order valence-corrected chi connectivity index (χ2v) is 7.06. The molecule has 148 valence electrons. The number of carboxylic acids is 1. The highest BCUT2D eigenvalue weighted by Crippen LogP contribution is 2.37. The first-order chi connectivity index (χ1) is 12.1. The van der Waals surface area contributed by atoms with Crippen LogP contribution in [0.5, 0.6) is 0 Å². The quantitative estimate of drug-likeness (QED) is 0.261. The van der Waals surface area contributed by atoms with Gasteiger partial charge in [-0.1, -0.05) is 6.92 Å². The molecule has 1 saturated carbocycles. The summed E-state index contributed by atoms with van der Waals surface area (Å²) >= 11 is 0. The summed E-state index contributed by atoms with van der Waals surface area (Å²) in [6.45, 7) is 6.62. The van der Waals surface area contributed by atoms with E-state index in [9.17, 15) is 19.5 Å². The molecule has 1 aliphatic rings. The van der Waals surface area contributed by atoms with E-state index in [2.05, 4.69) is 16.0 Å². The smallest absolute Gasteiger partial charge is 0.308 e. The van der Waals surface area contributed by atoms with E-state index in [0.717, 1.165) is 0 Å². The fourth-order valence-electron chi connectivity index (χ4n) is 4.19. The van der Waals surface area contributed by atoms with Crippen molar-refractivity contribution in [3.8, 4) is 0 Å². The molecule has 2 amide bonds. The van der Waals surface area contributed by atoms with Crippen LogP contribution < -0.4 is 21.7 Å². The van der Waals surface area contributed by atoms with E-state index < -0.39 is 17.9 Å². The van der Waals surface area contributed by atoms with Crippen LogP contribution in [-0.2, 0) is 14.4 Å². The Balaban J connectivity index is 3.19. The molecule has 0 spiro atoms. The van der Waals surface area contributed by atoms with Crippen molar-refractivity contribution in [2.24, 2.45) is 23.5 Å². The van der Waals surface area contributed by atoms with Crippen molar-refractivity contribution in [3.63, 3.8) is 0 Å². The number of hydrogen-bond donors (Lipinski definition) is 6. The number of nitrogens with one attached hydrogen (secondary N) is 4. The van der Waals surface area contributed by atoms with Crippen molar-refractivity contribution in [3.05, 3.63) is 0 Å². The maximum atomic E-state index is 11.8. The monoisotopic (exact) mass is 369 g/mol. The molecule has 1 fully saturated rings. The van der Waals surface area contributed by atoms with Gasteiger partial charge >= 0.3 is 5.97 Å². The summed E-state index contributed by atoms with van der Waals surface area (Å²) in [5.41, 5.74) is 5.45. The average molecular weight is 369 g/mol. The van der Waals surface area contributed by atoms with Gasteiger partial charge in [0.05, 0.1) is 5.92 Å². The van der Waals surface area contributed by atoms with E-state index >= 15 is 0 Å². The molecule has 0 saturated heterocycles. The zero-order chi connectivity index (χ0) is 20.0. The van der Waals surface area contributed by atoms with Gasteiger partial charge in [-0.25, -0.2) is 0 Å². The first-order valence-electron chi connectivity index (χ1n) is 8.96. The number of amides is 2. The summed E-state index contributed by atoms with van der Waals surface area (Å²) in [6, 6.07) is -1.10. The lowest BCUT2D eigenvalue weighted by molar-refractivity contribution is -0.142. The van der Waals surface area contributed by atoms with Crippen LogP contribution in [-0.4, -0.2) is 47.0 Å². The fraction of sp³-hybridized carbons (Fsp3) is 0.765. The summed E-state index contributed by atoms with van der Waals surface area (Å²) in [7, 11) is 0. The third-order valence-electron chi connectivity index (χ3n) is 5.18. The van der Waals surface area contributed by atoms with E-state index in [1.165, 1.54) is 13.8 Å². The highest BCUT2D eigenvalue weighted by Gasteiger charge is 2.47. The standard InChI is InChI=1S/C17H31N5O4/c1-5-11(8(2)20-17(18)19)14(21-9(3)23)12-6-7-13(16(25)26)15(12)22-10(4)24/h8,11-15H,5-7H2,1-4H3,(H,21,23)(H,22,24)(H,25,26)(H4,18,19,20)/t8?,11?,12-,13+,14-,15+/m1/s1. The van der Waals surface area contributed by atoms with E-state index in [4.69, 9.17) is 11.1 Å². The number of carbonyl (C=O) groups is 3. The van der Waals surface area contributed by atoms with Gasteiger partial charge in [-0.2, -0.15) is 0 Å². The Morgan fingerprint density at radius 3 is 2.23 bits per heavy atom. The molecule has 0 aromatic rings. The molecule has 0 heterocycles. The molecule has 0 radical (unpaired) electrons. The molecule has 6 atom stereocenters. The molecule has 1 aliphatic carbocycles. The molecule has 2 unspecified atom stereocenters. The van der Waals surface area contributed by atoms with Crippen LogP contribution in [0, 0.1) is 23.2 Å². The number of nitrogens with two attached hydrogens (primary N) is 1. The Morgan fingerprint density at radius 1 is 1.19 bits per heavy atom. The lowest BCUT2D eigenvalue weighted by atomic mass is 9.79. The van der Waals surface area contributed by atoms with Gasteiger partial charge in [0.15, 0.2) is 5.96 Å². The number of rotatable bonds is 8. The number of aliphatic carboxylic acids is 1. The second-order valence-electron chi connectivity index (χ2n) is 7.06. The molecular weight excluding hydrogens is 338 g/mol. The van der Waals surface area contributed by atoms with Gasteiger partial charge in [0.1, 0.15) is 0 Å². The molecule has 0 aliphatic heterocycles. The van der Waals surface area contributed by atoms with E-state index in [1.54, 1.807) is 0 Å². The normalized spacial score (nSPS) is 25.6. The molecule has 9 nitrogen and oxygen atoms in total. The molecule has 0 bridgehead atoms. The highest BCUT2D eigenvalue weighted by molar-refractivity contribution is 5.77. The first-order valence-corrected chi connectivity index (χ1v) is 8.96. The Kier molecular flexibility index (Phi) is 7.85. The van der Waals surface area contributed by atoms with Gasteiger partial charge in [0, 0.05) is 37.9 Å². The maximum absolute atomic E-state index is 11.8.